The normalized spacial score (nSPS) is 21.2. The van der Waals surface area contributed by atoms with Crippen molar-refractivity contribution in [3.63, 3.8) is 0 Å². The van der Waals surface area contributed by atoms with E-state index < -0.39 is 6.10 Å². The number of aliphatic hydroxyl groups is 1. The van der Waals surface area contributed by atoms with Gasteiger partial charge in [0.25, 0.3) is 5.91 Å². The van der Waals surface area contributed by atoms with Crippen molar-refractivity contribution in [2.75, 3.05) is 47.3 Å². The fourth-order valence-corrected chi connectivity index (χ4v) is 3.13. The number of β-amino-alcohol motifs (C(OH)–C–C–N with tert-alkyl or cyclic N) is 1. The standard InChI is InChI=1S/C13H22N4O2S/c1-15(2)8-12-14-11(9-20-12)13(19)17-5-4-16(3)6-10(18)7-17/h9-10,18H,4-8H2,1-3H3/t10-/m0/s1. The van der Waals surface area contributed by atoms with Crippen LogP contribution in [0.2, 0.25) is 0 Å². The molecule has 0 radical (unpaired) electrons. The zero-order valence-corrected chi connectivity index (χ0v) is 13.1. The minimum Gasteiger partial charge on any atom is -0.390 e. The van der Waals surface area contributed by atoms with Gasteiger partial charge in [-0.3, -0.25) is 4.79 Å². The van der Waals surface area contributed by atoms with Crippen LogP contribution in [-0.2, 0) is 6.54 Å². The molecule has 1 saturated heterocycles. The maximum Gasteiger partial charge on any atom is 0.273 e. The third-order valence-corrected chi connectivity index (χ3v) is 4.05. The largest absolute Gasteiger partial charge is 0.390 e. The van der Waals surface area contributed by atoms with E-state index in [1.165, 1.54) is 11.3 Å². The summed E-state index contributed by atoms with van der Waals surface area (Å²) in [6.45, 7) is 3.13. The molecule has 0 unspecified atom stereocenters. The number of rotatable bonds is 3. The van der Waals surface area contributed by atoms with Gasteiger partial charge in [-0.15, -0.1) is 11.3 Å². The predicted molar refractivity (Wildman–Crippen MR) is 78.9 cm³/mol. The molecular weight excluding hydrogens is 276 g/mol. The first-order valence-corrected chi connectivity index (χ1v) is 7.58. The fourth-order valence-electron chi connectivity index (χ4n) is 2.24. The van der Waals surface area contributed by atoms with E-state index in [2.05, 4.69) is 4.98 Å². The van der Waals surface area contributed by atoms with Crippen LogP contribution in [0.5, 0.6) is 0 Å². The molecule has 0 aliphatic carbocycles. The zero-order valence-electron chi connectivity index (χ0n) is 12.2. The highest BCUT2D eigenvalue weighted by molar-refractivity contribution is 7.09. The number of hydrogen-bond acceptors (Lipinski definition) is 6. The first-order chi connectivity index (χ1) is 9.45. The average molecular weight is 298 g/mol. The van der Waals surface area contributed by atoms with Crippen molar-refractivity contribution in [1.29, 1.82) is 0 Å². The van der Waals surface area contributed by atoms with Gasteiger partial charge in [0.2, 0.25) is 0 Å². The van der Waals surface area contributed by atoms with Gasteiger partial charge in [0, 0.05) is 38.1 Å². The molecule has 6 nitrogen and oxygen atoms in total. The maximum absolute atomic E-state index is 12.4. The fraction of sp³-hybridized carbons (Fsp3) is 0.692. The smallest absolute Gasteiger partial charge is 0.273 e. The van der Waals surface area contributed by atoms with E-state index >= 15 is 0 Å². The van der Waals surface area contributed by atoms with Crippen molar-refractivity contribution in [2.45, 2.75) is 12.6 Å². The number of amides is 1. The Morgan fingerprint density at radius 1 is 1.50 bits per heavy atom. The van der Waals surface area contributed by atoms with Crippen LogP contribution in [0.15, 0.2) is 5.38 Å². The first-order valence-electron chi connectivity index (χ1n) is 6.70. The minimum atomic E-state index is -0.494. The second-order valence-electron chi connectivity index (χ2n) is 5.53. The van der Waals surface area contributed by atoms with Crippen LogP contribution in [0.3, 0.4) is 0 Å². The summed E-state index contributed by atoms with van der Waals surface area (Å²) >= 11 is 1.50. The molecule has 2 heterocycles. The number of nitrogens with zero attached hydrogens (tertiary/aromatic N) is 4. The van der Waals surface area contributed by atoms with E-state index in [-0.39, 0.29) is 5.91 Å². The topological polar surface area (TPSA) is 59.9 Å². The van der Waals surface area contributed by atoms with Crippen LogP contribution in [0, 0.1) is 0 Å². The molecule has 1 amide bonds. The van der Waals surface area contributed by atoms with Gasteiger partial charge in [-0.2, -0.15) is 0 Å². The molecule has 2 rings (SSSR count). The van der Waals surface area contributed by atoms with Crippen LogP contribution < -0.4 is 0 Å². The van der Waals surface area contributed by atoms with Crippen LogP contribution >= 0.6 is 11.3 Å². The van der Waals surface area contributed by atoms with Crippen molar-refractivity contribution in [1.82, 2.24) is 19.7 Å². The second kappa shape index (κ2) is 6.62. The van der Waals surface area contributed by atoms with E-state index in [0.29, 0.717) is 25.3 Å². The number of hydrogen-bond donors (Lipinski definition) is 1. The van der Waals surface area contributed by atoms with Gasteiger partial charge in [0.1, 0.15) is 10.7 Å². The Morgan fingerprint density at radius 2 is 2.25 bits per heavy atom. The van der Waals surface area contributed by atoms with E-state index in [4.69, 9.17) is 0 Å². The van der Waals surface area contributed by atoms with E-state index in [1.54, 1.807) is 4.90 Å². The highest BCUT2D eigenvalue weighted by atomic mass is 32.1. The number of carbonyl (C=O) groups excluding carboxylic acids is 1. The van der Waals surface area contributed by atoms with Gasteiger partial charge in [-0.05, 0) is 21.1 Å². The summed E-state index contributed by atoms with van der Waals surface area (Å²) in [6, 6.07) is 0. The molecule has 1 atom stereocenters. The third kappa shape index (κ3) is 3.99. The lowest BCUT2D eigenvalue weighted by Crippen LogP contribution is -2.37. The number of aliphatic hydroxyl groups excluding tert-OH is 1. The van der Waals surface area contributed by atoms with E-state index in [1.807, 2.05) is 36.3 Å². The molecule has 0 spiro atoms. The van der Waals surface area contributed by atoms with Gasteiger partial charge in [-0.25, -0.2) is 4.98 Å². The van der Waals surface area contributed by atoms with Crippen LogP contribution in [-0.4, -0.2) is 84.1 Å². The molecule has 1 aliphatic rings. The second-order valence-corrected chi connectivity index (χ2v) is 6.47. The van der Waals surface area contributed by atoms with Crippen LogP contribution in [0.4, 0.5) is 0 Å². The molecule has 20 heavy (non-hydrogen) atoms. The highest BCUT2D eigenvalue weighted by Gasteiger charge is 2.25. The molecule has 0 saturated carbocycles. The summed E-state index contributed by atoms with van der Waals surface area (Å²) in [7, 11) is 5.91. The average Bonchev–Trinajstić information content (AvgIpc) is 2.73. The Morgan fingerprint density at radius 3 is 2.95 bits per heavy atom. The Bertz CT molecular complexity index is 463. The molecule has 0 aromatic carbocycles. The Balaban J connectivity index is 2.04. The van der Waals surface area contributed by atoms with Crippen LogP contribution in [0.1, 0.15) is 15.5 Å². The quantitative estimate of drug-likeness (QED) is 0.848. The number of thiazole rings is 1. The first kappa shape index (κ1) is 15.4. The lowest BCUT2D eigenvalue weighted by Gasteiger charge is -2.20. The predicted octanol–water partition coefficient (Wildman–Crippen LogP) is -0.0468. The van der Waals surface area contributed by atoms with Gasteiger partial charge in [-0.1, -0.05) is 0 Å². The van der Waals surface area contributed by atoms with Gasteiger partial charge in [0.05, 0.1) is 6.10 Å². The number of aromatic nitrogens is 1. The molecule has 1 aliphatic heterocycles. The Kier molecular flexibility index (Phi) is 5.09. The Labute approximate surface area is 123 Å². The molecule has 112 valence electrons. The SMILES string of the molecule is CN(C)Cc1nc(C(=O)N2CCN(C)C[C@H](O)C2)cs1. The lowest BCUT2D eigenvalue weighted by molar-refractivity contribution is 0.0661. The molecule has 1 N–H and O–H groups in total. The van der Waals surface area contributed by atoms with Gasteiger partial charge >= 0.3 is 0 Å². The minimum absolute atomic E-state index is 0.0828. The number of likely N-dealkylation sites (N-methyl/N-ethyl adjacent to an activating group) is 1. The van der Waals surface area contributed by atoms with Crippen molar-refractivity contribution in [2.24, 2.45) is 0 Å². The summed E-state index contributed by atoms with van der Waals surface area (Å²) in [6.07, 6.45) is -0.494. The van der Waals surface area contributed by atoms with Crippen molar-refractivity contribution < 1.29 is 9.90 Å². The zero-order chi connectivity index (χ0) is 14.7. The number of carbonyl (C=O) groups is 1. The summed E-state index contributed by atoms with van der Waals surface area (Å²) in [5, 5.41) is 12.6. The summed E-state index contributed by atoms with van der Waals surface area (Å²) in [5.41, 5.74) is 0.489. The summed E-state index contributed by atoms with van der Waals surface area (Å²) < 4.78 is 0. The van der Waals surface area contributed by atoms with Crippen molar-refractivity contribution in [3.8, 4) is 0 Å². The van der Waals surface area contributed by atoms with Crippen molar-refractivity contribution >= 4 is 17.2 Å². The molecular formula is C13H22N4O2S. The summed E-state index contributed by atoms with van der Waals surface area (Å²) in [4.78, 5) is 22.6. The van der Waals surface area contributed by atoms with E-state index in [9.17, 15) is 9.90 Å². The molecule has 1 aromatic heterocycles. The summed E-state index contributed by atoms with van der Waals surface area (Å²) in [5.74, 6) is -0.0828. The Hall–Kier alpha value is -1.02. The third-order valence-electron chi connectivity index (χ3n) is 3.21. The van der Waals surface area contributed by atoms with Gasteiger partial charge in [0.15, 0.2) is 0 Å². The maximum atomic E-state index is 12.4. The molecule has 1 aromatic rings. The van der Waals surface area contributed by atoms with Crippen molar-refractivity contribution in [3.05, 3.63) is 16.1 Å². The monoisotopic (exact) mass is 298 g/mol. The molecule has 0 bridgehead atoms. The molecule has 7 heteroatoms. The van der Waals surface area contributed by atoms with Gasteiger partial charge < -0.3 is 19.8 Å². The molecule has 1 fully saturated rings. The highest BCUT2D eigenvalue weighted by Crippen LogP contribution is 2.14. The van der Waals surface area contributed by atoms with Crippen LogP contribution in [0.25, 0.3) is 0 Å². The lowest BCUT2D eigenvalue weighted by atomic mass is 10.3. The van der Waals surface area contributed by atoms with E-state index in [0.717, 1.165) is 18.1 Å².